The molecule has 0 aliphatic carbocycles. The van der Waals surface area contributed by atoms with Gasteiger partial charge in [-0.1, -0.05) is 80.6 Å². The van der Waals surface area contributed by atoms with E-state index in [2.05, 4.69) is 28.2 Å². The number of halogens is 1. The molecule has 8 heteroatoms. The first kappa shape index (κ1) is 31.1. The summed E-state index contributed by atoms with van der Waals surface area (Å²) < 4.78 is 12.4. The van der Waals surface area contributed by atoms with Crippen LogP contribution in [-0.2, 0) is 19.1 Å². The summed E-state index contributed by atoms with van der Waals surface area (Å²) in [6.45, 7) is 8.77. The van der Waals surface area contributed by atoms with Crippen molar-refractivity contribution in [2.75, 3.05) is 19.7 Å². The van der Waals surface area contributed by atoms with E-state index < -0.39 is 18.1 Å². The summed E-state index contributed by atoms with van der Waals surface area (Å²) in [7, 11) is 0. The monoisotopic (exact) mass is 580 g/mol. The number of aryl methyl sites for hydroxylation is 2. The number of benzene rings is 1. The van der Waals surface area contributed by atoms with Gasteiger partial charge in [0.25, 0.3) is 5.91 Å². The lowest BCUT2D eigenvalue weighted by Crippen LogP contribution is -2.60. The number of hydrogen-bond acceptors (Lipinski definition) is 5. The highest BCUT2D eigenvalue weighted by Crippen LogP contribution is 2.28. The Hall–Kier alpha value is -2.09. The van der Waals surface area contributed by atoms with Gasteiger partial charge >= 0.3 is 5.97 Å². The molecule has 2 unspecified atom stereocenters. The summed E-state index contributed by atoms with van der Waals surface area (Å²) in [5.74, 6) is -0.454. The number of unbranched alkanes of at least 4 members (excludes halogenated alkanes) is 9. The first-order valence-corrected chi connectivity index (χ1v) is 14.7. The number of hydrogen-bond donors (Lipinski definition) is 1. The first-order chi connectivity index (χ1) is 17.7. The van der Waals surface area contributed by atoms with Crippen LogP contribution >= 0.6 is 15.9 Å². The van der Waals surface area contributed by atoms with E-state index in [0.29, 0.717) is 25.4 Å². The zero-order chi connectivity index (χ0) is 27.2. The van der Waals surface area contributed by atoms with Crippen LogP contribution in [0.3, 0.4) is 0 Å². The van der Waals surface area contributed by atoms with Crippen molar-refractivity contribution in [3.05, 3.63) is 27.7 Å². The van der Waals surface area contributed by atoms with E-state index in [1.807, 2.05) is 26.0 Å². The third kappa shape index (κ3) is 10.7. The average molecular weight is 582 g/mol. The molecule has 0 radical (unpaired) electrons. The first-order valence-electron chi connectivity index (χ1n) is 13.9. The molecule has 2 amide bonds. The van der Waals surface area contributed by atoms with Crippen LogP contribution in [0.2, 0.25) is 0 Å². The van der Waals surface area contributed by atoms with Gasteiger partial charge in [0.05, 0.1) is 13.0 Å². The molecule has 0 saturated carbocycles. The molecule has 1 N–H and O–H groups in total. The second-order valence-electron chi connectivity index (χ2n) is 10.1. The van der Waals surface area contributed by atoms with Crippen LogP contribution < -0.4 is 10.1 Å². The Morgan fingerprint density at radius 1 is 1.03 bits per heavy atom. The van der Waals surface area contributed by atoms with E-state index in [9.17, 15) is 14.4 Å². The number of carbonyl (C=O) groups is 3. The van der Waals surface area contributed by atoms with Crippen molar-refractivity contribution >= 4 is 33.7 Å². The molecule has 1 aliphatic heterocycles. The van der Waals surface area contributed by atoms with Crippen molar-refractivity contribution in [1.82, 2.24) is 10.2 Å². The highest BCUT2D eigenvalue weighted by Gasteiger charge is 2.37. The van der Waals surface area contributed by atoms with Gasteiger partial charge < -0.3 is 19.7 Å². The lowest BCUT2D eigenvalue weighted by atomic mass is 10.1. The van der Waals surface area contributed by atoms with E-state index in [4.69, 9.17) is 9.47 Å². The van der Waals surface area contributed by atoms with Crippen LogP contribution in [0.1, 0.15) is 95.6 Å². The maximum absolute atomic E-state index is 13.2. The highest BCUT2D eigenvalue weighted by molar-refractivity contribution is 9.10. The molecule has 1 saturated heterocycles. The molecule has 0 spiro atoms. The van der Waals surface area contributed by atoms with Crippen LogP contribution in [0.5, 0.6) is 5.75 Å². The predicted molar refractivity (Wildman–Crippen MR) is 150 cm³/mol. The molecule has 1 fully saturated rings. The molecule has 0 aromatic heterocycles. The van der Waals surface area contributed by atoms with Gasteiger partial charge in [-0.15, -0.1) is 0 Å². The molecule has 37 heavy (non-hydrogen) atoms. The van der Waals surface area contributed by atoms with Crippen LogP contribution in [0, 0.1) is 13.8 Å². The number of ether oxygens (including phenoxy) is 2. The number of esters is 1. The lowest BCUT2D eigenvalue weighted by Gasteiger charge is -2.36. The normalized spacial score (nSPS) is 16.3. The summed E-state index contributed by atoms with van der Waals surface area (Å²) in [5, 5.41) is 2.76. The SMILES string of the molecule is CCCCCCCCCCCCOC(=O)CC1C(=O)NCCN1C(=O)C(C)Oc1c(C)cc(Br)cc1C. The van der Waals surface area contributed by atoms with Gasteiger partial charge in [-0.2, -0.15) is 0 Å². The van der Waals surface area contributed by atoms with E-state index >= 15 is 0 Å². The Kier molecular flexibility index (Phi) is 14.0. The molecular formula is C29H45BrN2O5. The van der Waals surface area contributed by atoms with Crippen molar-refractivity contribution in [2.45, 2.75) is 110 Å². The van der Waals surface area contributed by atoms with Crippen molar-refractivity contribution in [2.24, 2.45) is 0 Å². The summed E-state index contributed by atoms with van der Waals surface area (Å²) in [5.41, 5.74) is 1.82. The van der Waals surface area contributed by atoms with Crippen LogP contribution in [-0.4, -0.2) is 54.5 Å². The number of nitrogens with zero attached hydrogens (tertiary/aromatic N) is 1. The Balaban J connectivity index is 1.77. The molecule has 1 heterocycles. The van der Waals surface area contributed by atoms with Gasteiger partial charge in [0.15, 0.2) is 6.10 Å². The van der Waals surface area contributed by atoms with Gasteiger partial charge in [-0.25, -0.2) is 0 Å². The number of amides is 2. The zero-order valence-corrected chi connectivity index (χ0v) is 24.7. The van der Waals surface area contributed by atoms with E-state index in [0.717, 1.165) is 34.9 Å². The second-order valence-corrected chi connectivity index (χ2v) is 11.0. The Morgan fingerprint density at radius 3 is 2.19 bits per heavy atom. The molecular weight excluding hydrogens is 536 g/mol. The Morgan fingerprint density at radius 2 is 1.59 bits per heavy atom. The summed E-state index contributed by atoms with van der Waals surface area (Å²) >= 11 is 3.47. The maximum atomic E-state index is 13.2. The van der Waals surface area contributed by atoms with Crippen molar-refractivity contribution in [3.8, 4) is 5.75 Å². The molecule has 208 valence electrons. The van der Waals surface area contributed by atoms with Gasteiger partial charge in [-0.05, 0) is 50.5 Å². The third-order valence-corrected chi connectivity index (χ3v) is 7.26. The third-order valence-electron chi connectivity index (χ3n) is 6.80. The zero-order valence-electron chi connectivity index (χ0n) is 23.1. The molecule has 0 bridgehead atoms. The van der Waals surface area contributed by atoms with Crippen molar-refractivity contribution in [1.29, 1.82) is 0 Å². The number of piperazine rings is 1. The fourth-order valence-corrected chi connectivity index (χ4v) is 5.40. The topological polar surface area (TPSA) is 84.9 Å². The van der Waals surface area contributed by atoms with Crippen molar-refractivity contribution in [3.63, 3.8) is 0 Å². The quantitative estimate of drug-likeness (QED) is 0.191. The minimum absolute atomic E-state index is 0.154. The molecule has 2 atom stereocenters. The van der Waals surface area contributed by atoms with Gasteiger partial charge in [-0.3, -0.25) is 14.4 Å². The van der Waals surface area contributed by atoms with E-state index in [1.165, 1.54) is 49.8 Å². The Labute approximate surface area is 231 Å². The lowest BCUT2D eigenvalue weighted by molar-refractivity contribution is -0.154. The van der Waals surface area contributed by atoms with Gasteiger partial charge in [0.1, 0.15) is 11.8 Å². The van der Waals surface area contributed by atoms with Gasteiger partial charge in [0, 0.05) is 17.6 Å². The minimum atomic E-state index is -0.889. The minimum Gasteiger partial charge on any atom is -0.480 e. The fourth-order valence-electron chi connectivity index (χ4n) is 4.72. The van der Waals surface area contributed by atoms with E-state index in [1.54, 1.807) is 6.92 Å². The molecule has 1 aliphatic rings. The number of nitrogens with one attached hydrogen (secondary N) is 1. The molecule has 1 aromatic rings. The smallest absolute Gasteiger partial charge is 0.308 e. The summed E-state index contributed by atoms with van der Waals surface area (Å²) in [6.07, 6.45) is 11.1. The van der Waals surface area contributed by atoms with Gasteiger partial charge in [0.2, 0.25) is 5.91 Å². The van der Waals surface area contributed by atoms with Crippen molar-refractivity contribution < 1.29 is 23.9 Å². The molecule has 1 aromatic carbocycles. The average Bonchev–Trinajstić information content (AvgIpc) is 2.85. The molecule has 2 rings (SSSR count). The maximum Gasteiger partial charge on any atom is 0.308 e. The second kappa shape index (κ2) is 16.7. The Bertz CT molecular complexity index is 868. The van der Waals surface area contributed by atoms with Crippen LogP contribution in [0.15, 0.2) is 16.6 Å². The summed E-state index contributed by atoms with van der Waals surface area (Å²) in [6, 6.07) is 2.97. The fraction of sp³-hybridized carbons (Fsp3) is 0.690. The van der Waals surface area contributed by atoms with E-state index in [-0.39, 0.29) is 18.2 Å². The largest absolute Gasteiger partial charge is 0.480 e. The van der Waals surface area contributed by atoms with Crippen LogP contribution in [0.4, 0.5) is 0 Å². The standard InChI is InChI=1S/C29H45BrN2O5/c1-5-6-7-8-9-10-11-12-13-14-17-36-26(33)20-25-28(34)31-15-16-32(25)29(35)23(4)37-27-21(2)18-24(30)19-22(27)3/h18-19,23,25H,5-17,20H2,1-4H3,(H,31,34). The number of carbonyl (C=O) groups excluding carboxylic acids is 3. The molecule has 7 nitrogen and oxygen atoms in total. The predicted octanol–water partition coefficient (Wildman–Crippen LogP) is 6.01. The van der Waals surface area contributed by atoms with Crippen LogP contribution in [0.25, 0.3) is 0 Å². The highest BCUT2D eigenvalue weighted by atomic mass is 79.9. The number of rotatable bonds is 16. The summed E-state index contributed by atoms with van der Waals surface area (Å²) in [4.78, 5) is 39.8.